The van der Waals surface area contributed by atoms with Crippen molar-refractivity contribution < 1.29 is 37.0 Å². The van der Waals surface area contributed by atoms with E-state index in [0.717, 1.165) is 18.9 Å². The number of anilines is 1. The third kappa shape index (κ3) is 6.32. The van der Waals surface area contributed by atoms with E-state index >= 15 is 4.39 Å². The van der Waals surface area contributed by atoms with Gasteiger partial charge in [-0.1, -0.05) is 18.6 Å². The Bertz CT molecular complexity index is 2300. The number of carbonyl (C=O) groups excluding carboxylic acids is 1. The number of rotatable bonds is 8. The largest absolute Gasteiger partial charge is 0.490 e. The molecule has 4 aliphatic carbocycles. The number of carbonyl (C=O) groups is 2. The molecule has 5 aromatic rings. The Kier molecular flexibility index (Phi) is 8.96. The average molecular weight is 769 g/mol. The molecule has 14 heteroatoms. The monoisotopic (exact) mass is 768 g/mol. The molecule has 4 heterocycles. The minimum absolute atomic E-state index is 0.0856. The van der Waals surface area contributed by atoms with E-state index in [1.807, 2.05) is 0 Å². The Balaban J connectivity index is 1.05. The second kappa shape index (κ2) is 13.9. The third-order valence-electron chi connectivity index (χ3n) is 12.6. The lowest BCUT2D eigenvalue weighted by Crippen LogP contribution is -2.66. The van der Waals surface area contributed by atoms with Crippen molar-refractivity contribution in [1.29, 1.82) is 0 Å². The van der Waals surface area contributed by atoms with Crippen molar-refractivity contribution in [2.75, 3.05) is 18.0 Å². The van der Waals surface area contributed by atoms with Gasteiger partial charge in [-0.05, 0) is 98.2 Å². The van der Waals surface area contributed by atoms with Crippen LogP contribution in [0.2, 0.25) is 0 Å². The maximum absolute atomic E-state index is 15.3. The number of benzene rings is 2. The van der Waals surface area contributed by atoms with Gasteiger partial charge in [-0.25, -0.2) is 24.1 Å². The molecule has 3 aromatic heterocycles. The number of pyridine rings is 1. The molecule has 1 amide bonds. The van der Waals surface area contributed by atoms with Gasteiger partial charge in [0.15, 0.2) is 5.69 Å². The zero-order valence-corrected chi connectivity index (χ0v) is 30.4. The number of hydrogen-bond donors (Lipinski definition) is 2. The summed E-state index contributed by atoms with van der Waals surface area (Å²) in [5, 5.41) is 13.8. The second-order valence-electron chi connectivity index (χ2n) is 15.8. The molecule has 5 aliphatic rings. The lowest BCUT2D eigenvalue weighted by atomic mass is 9.58. The molecule has 5 fully saturated rings. The van der Waals surface area contributed by atoms with Gasteiger partial charge in [0, 0.05) is 61.5 Å². The zero-order chi connectivity index (χ0) is 38.8. The molecule has 0 spiro atoms. The minimum Gasteiger partial charge on any atom is -0.490 e. The lowest BCUT2D eigenvalue weighted by molar-refractivity contribution is -0.154. The Hall–Kier alpha value is -5.53. The summed E-state index contributed by atoms with van der Waals surface area (Å²) in [6, 6.07) is 15.4. The van der Waals surface area contributed by atoms with Crippen LogP contribution in [0.15, 0.2) is 79.3 Å². The average Bonchev–Trinajstić information content (AvgIpc) is 3.44. The normalized spacial score (nSPS) is 25.0. The molecule has 2 aromatic carbocycles. The van der Waals surface area contributed by atoms with E-state index in [9.17, 15) is 27.9 Å². The number of halogens is 4. The Morgan fingerprint density at radius 2 is 1.62 bits per heavy atom. The van der Waals surface area contributed by atoms with E-state index in [0.29, 0.717) is 86.1 Å². The highest BCUT2D eigenvalue weighted by atomic mass is 19.4. The predicted octanol–water partition coefficient (Wildman–Crippen LogP) is 8.09. The third-order valence-corrected chi connectivity index (χ3v) is 12.6. The number of aromatic nitrogens is 4. The first-order valence-corrected chi connectivity index (χ1v) is 19.2. The van der Waals surface area contributed by atoms with E-state index < -0.39 is 40.7 Å². The smallest absolute Gasteiger partial charge is 0.434 e. The van der Waals surface area contributed by atoms with Gasteiger partial charge in [-0.3, -0.25) is 4.79 Å². The number of carboxylic acid groups (broad SMARTS) is 1. The number of piperidine rings is 1. The van der Waals surface area contributed by atoms with E-state index in [1.165, 1.54) is 18.3 Å². The number of hydrogen-bond acceptors (Lipinski definition) is 7. The van der Waals surface area contributed by atoms with E-state index in [-0.39, 0.29) is 34.9 Å². The van der Waals surface area contributed by atoms with Crippen molar-refractivity contribution >= 4 is 28.7 Å². The first kappa shape index (κ1) is 36.1. The molecule has 56 heavy (non-hydrogen) atoms. The van der Waals surface area contributed by atoms with Crippen LogP contribution in [-0.2, 0) is 11.0 Å². The van der Waals surface area contributed by atoms with Crippen LogP contribution in [0.3, 0.4) is 0 Å². The molecule has 2 N–H and O–H groups in total. The topological polar surface area (TPSA) is 122 Å². The van der Waals surface area contributed by atoms with Crippen molar-refractivity contribution in [1.82, 2.24) is 24.8 Å². The number of para-hydroxylation sites is 1. The Morgan fingerprint density at radius 1 is 0.875 bits per heavy atom. The van der Waals surface area contributed by atoms with Crippen LogP contribution in [-0.4, -0.2) is 61.2 Å². The fourth-order valence-corrected chi connectivity index (χ4v) is 10.1. The molecule has 10 nitrogen and oxygen atoms in total. The molecule has 0 radical (unpaired) electrons. The molecule has 5 unspecified atom stereocenters. The van der Waals surface area contributed by atoms with Gasteiger partial charge in [0.2, 0.25) is 5.95 Å². The first-order chi connectivity index (χ1) is 27.0. The highest BCUT2D eigenvalue weighted by Gasteiger charge is 2.60. The van der Waals surface area contributed by atoms with Crippen molar-refractivity contribution in [3.63, 3.8) is 0 Å². The van der Waals surface area contributed by atoms with E-state index in [4.69, 9.17) is 4.74 Å². The summed E-state index contributed by atoms with van der Waals surface area (Å²) in [5.41, 5.74) is -2.96. The summed E-state index contributed by atoms with van der Waals surface area (Å²) in [7, 11) is 0. The van der Waals surface area contributed by atoms with Crippen LogP contribution in [0.4, 0.5) is 23.5 Å². The fourth-order valence-electron chi connectivity index (χ4n) is 10.1. The molecular weight excluding hydrogens is 728 g/mol. The van der Waals surface area contributed by atoms with Gasteiger partial charge in [-0.15, -0.1) is 0 Å². The predicted molar refractivity (Wildman–Crippen MR) is 199 cm³/mol. The number of alkyl halides is 3. The van der Waals surface area contributed by atoms with Gasteiger partial charge in [0.1, 0.15) is 23.2 Å². The summed E-state index contributed by atoms with van der Waals surface area (Å²) in [6.45, 7) is 1.38. The van der Waals surface area contributed by atoms with Gasteiger partial charge >= 0.3 is 12.1 Å². The van der Waals surface area contributed by atoms with Crippen LogP contribution in [0.5, 0.6) is 5.75 Å². The quantitative estimate of drug-likeness (QED) is 0.152. The second-order valence-corrected chi connectivity index (χ2v) is 15.8. The summed E-state index contributed by atoms with van der Waals surface area (Å²) in [5.74, 6) is -1.68. The van der Waals surface area contributed by atoms with Gasteiger partial charge in [0.25, 0.3) is 5.91 Å². The van der Waals surface area contributed by atoms with Crippen molar-refractivity contribution in [2.45, 2.75) is 69.2 Å². The van der Waals surface area contributed by atoms with Crippen molar-refractivity contribution in [3.8, 4) is 22.7 Å². The van der Waals surface area contributed by atoms with Gasteiger partial charge in [-0.2, -0.15) is 13.2 Å². The molecule has 1 saturated heterocycles. The number of nitrogens with one attached hydrogen (secondary N) is 1. The number of carboxylic acids is 1. The maximum atomic E-state index is 15.3. The first-order valence-electron chi connectivity index (χ1n) is 19.2. The van der Waals surface area contributed by atoms with Crippen LogP contribution < -0.4 is 15.0 Å². The van der Waals surface area contributed by atoms with Crippen LogP contribution in [0, 0.1) is 29.5 Å². The van der Waals surface area contributed by atoms with Gasteiger partial charge in [0.05, 0.1) is 22.5 Å². The number of fused-ring (bicyclic) bond motifs is 2. The van der Waals surface area contributed by atoms with Crippen LogP contribution >= 0.6 is 0 Å². The molecule has 4 saturated carbocycles. The fraction of sp³-hybridized carbons (Fsp3) is 0.405. The standard InChI is InChI=1S/C42H40F4N6O4/c43-33-4-1-2-5-35(33)52-23-32(30-9-8-29(22-36(30)52)56-28-12-16-51(17-13-28)40-47-14-3-15-48-40)34-11-10-31(37(49-34)42(44,45)46)38(53)50-41(39(54)55)26-7-6-24-18-25(20-26)21-27(41)19-24/h1-5,8-11,14-15,22-28H,6-7,12-13,16-21H2,(H,50,53)(H,54,55). The van der Waals surface area contributed by atoms with Gasteiger partial charge < -0.3 is 24.6 Å². The summed E-state index contributed by atoms with van der Waals surface area (Å²) in [4.78, 5) is 41.7. The van der Waals surface area contributed by atoms with E-state index in [2.05, 4.69) is 25.2 Å². The van der Waals surface area contributed by atoms with Crippen LogP contribution in [0.1, 0.15) is 67.4 Å². The SMILES string of the molecule is O=C(NC1(C(=O)O)C2CCC3CC(C2)CC1C3)c1ccc(-c2cn(-c3ccccc3F)c3cc(OC4CCN(c5ncccn5)CC4)ccc23)nc1C(F)(F)F. The summed E-state index contributed by atoms with van der Waals surface area (Å²) in [6.07, 6.45) is 5.55. The summed E-state index contributed by atoms with van der Waals surface area (Å²) < 4.78 is 67.9. The Labute approximate surface area is 319 Å². The lowest BCUT2D eigenvalue weighted by Gasteiger charge is -2.50. The minimum atomic E-state index is -5.05. The molecule has 5 atom stereocenters. The molecular formula is C42H40F4N6O4. The zero-order valence-electron chi connectivity index (χ0n) is 30.4. The molecule has 4 bridgehead atoms. The highest BCUT2D eigenvalue weighted by molar-refractivity contribution is 6.01. The highest BCUT2D eigenvalue weighted by Crippen LogP contribution is 2.56. The maximum Gasteiger partial charge on any atom is 0.434 e. The molecule has 1 aliphatic heterocycles. The number of aliphatic carboxylic acids is 1. The number of nitrogens with zero attached hydrogens (tertiary/aromatic N) is 5. The summed E-state index contributed by atoms with van der Waals surface area (Å²) >= 11 is 0. The van der Waals surface area contributed by atoms with E-state index in [1.54, 1.807) is 59.4 Å². The molecule has 290 valence electrons. The van der Waals surface area contributed by atoms with Crippen molar-refractivity contribution in [2.24, 2.45) is 23.7 Å². The van der Waals surface area contributed by atoms with Crippen molar-refractivity contribution in [3.05, 3.63) is 96.3 Å². The molecule has 10 rings (SSSR count). The number of ether oxygens (including phenoxy) is 1. The Morgan fingerprint density at radius 3 is 2.38 bits per heavy atom. The van der Waals surface area contributed by atoms with Crippen LogP contribution in [0.25, 0.3) is 27.8 Å². The number of amides is 1.